The third kappa shape index (κ3) is 13.0. The van der Waals surface area contributed by atoms with Crippen LogP contribution in [-0.4, -0.2) is 20.1 Å². The normalized spacial score (nSPS) is 12.5. The minimum absolute atomic E-state index is 0.00829. The lowest BCUT2D eigenvalue weighted by molar-refractivity contribution is 0.465. The monoisotopic (exact) mass is 1580 g/mol. The molecule has 0 N–H and O–H groups in total. The van der Waals surface area contributed by atoms with Crippen molar-refractivity contribution in [3.63, 3.8) is 0 Å². The molecular formula is C114H81B3O6. The van der Waals surface area contributed by atoms with Crippen LogP contribution in [0, 0.1) is 41.5 Å². The Kier molecular flexibility index (Phi) is 18.5. The standard InChI is InChI=1S/C39H29BO2.C38H27BO2.C37H25BO2/c1-24-10-4-7-13-29(24)27-17-20-35-34(22-27)40-33-19-16-28(30-14-8-5-11-25(30)2)23-37(33)41-36-21-18-32(39(42-35)38(36)40)31-15-9-6-12-26(31)3;1-24-10-6-8-14-29(24)28-16-19-32-36(23-28)40-35-21-18-31(30-15-9-7-11-25(30)2)38-37(35)39(32)33-22-27(17-20-34(33)41-38)26-12-4-3-5-13-26;1-24-11-8-9-16-28(24)27-19-21-33-32(23-27)38-31-18-10-17-29(25-12-4-2-5-13-25)36(31)40-37-30(26-14-6-3-7-15-26)20-22-34(39-33)35(37)38/h4-23H,1-3H3;3-23H,1-2H3;2-23H,1H3. The smallest absolute Gasteiger partial charge is 0.260 e. The topological polar surface area (TPSA) is 55.4 Å². The van der Waals surface area contributed by atoms with Crippen LogP contribution in [0.5, 0.6) is 69.0 Å². The van der Waals surface area contributed by atoms with Crippen LogP contribution >= 0.6 is 0 Å². The van der Waals surface area contributed by atoms with E-state index in [1.54, 1.807) is 0 Å². The second-order valence-corrected chi connectivity index (χ2v) is 32.9. The predicted molar refractivity (Wildman–Crippen MR) is 510 cm³/mol. The van der Waals surface area contributed by atoms with Gasteiger partial charge < -0.3 is 28.4 Å². The molecule has 123 heavy (non-hydrogen) atoms. The van der Waals surface area contributed by atoms with E-state index < -0.39 is 0 Å². The third-order valence-corrected chi connectivity index (χ3v) is 25.6. The summed E-state index contributed by atoms with van der Waals surface area (Å²) in [4.78, 5) is 0. The molecule has 0 saturated heterocycles. The summed E-state index contributed by atoms with van der Waals surface area (Å²) in [5, 5.41) is 0. The molecule has 9 heteroatoms. The summed E-state index contributed by atoms with van der Waals surface area (Å²) in [7, 11) is 0. The third-order valence-electron chi connectivity index (χ3n) is 25.6. The molecular weight excluding hydrogens is 1500 g/mol. The first-order valence-electron chi connectivity index (χ1n) is 42.4. The van der Waals surface area contributed by atoms with Crippen molar-refractivity contribution in [3.05, 3.63) is 416 Å². The van der Waals surface area contributed by atoms with E-state index in [-0.39, 0.29) is 20.1 Å². The first kappa shape index (κ1) is 74.3. The van der Waals surface area contributed by atoms with Crippen molar-refractivity contribution in [2.45, 2.75) is 41.5 Å². The first-order valence-corrected chi connectivity index (χ1v) is 42.4. The fraction of sp³-hybridized carbons (Fsp3) is 0.0526. The first-order chi connectivity index (χ1) is 60.5. The molecule has 582 valence electrons. The van der Waals surface area contributed by atoms with E-state index in [1.165, 1.54) is 94.5 Å². The lowest BCUT2D eigenvalue weighted by atomic mass is 9.34. The highest BCUT2D eigenvalue weighted by Gasteiger charge is 2.46. The molecule has 6 nitrogen and oxygen atoms in total. The van der Waals surface area contributed by atoms with Crippen LogP contribution in [0.15, 0.2) is 382 Å². The SMILES string of the molecule is Cc1ccccc1-c1ccc2c(c1)B1c3cccc(-c4ccccc4)c3Oc3c(-c4ccccc4)ccc(c31)O2.Cc1ccccc1-c1ccc2c(c1)Oc1ccc(-c3ccccc3C)c3c1B2c1cc(-c2ccccc2)ccc1O3.Cc1ccccc1-c1ccc2c(c1)Oc1ccc(-c3ccccc3C)c3c1B2c1cc(-c2ccccc2C)ccc1O3. The number of ether oxygens (including phenoxy) is 6. The largest absolute Gasteiger partial charge is 0.458 e. The Morgan fingerprint density at radius 3 is 0.837 bits per heavy atom. The van der Waals surface area contributed by atoms with Crippen molar-refractivity contribution in [1.29, 1.82) is 0 Å². The maximum absolute atomic E-state index is 6.96. The van der Waals surface area contributed by atoms with Gasteiger partial charge in [0.15, 0.2) is 0 Å². The molecule has 0 spiro atoms. The second-order valence-electron chi connectivity index (χ2n) is 32.9. The minimum atomic E-state index is -0.0196. The van der Waals surface area contributed by atoms with Gasteiger partial charge in [-0.25, -0.2) is 0 Å². The molecule has 0 aromatic heterocycles. The average molecular weight is 1580 g/mol. The van der Waals surface area contributed by atoms with Crippen molar-refractivity contribution >= 4 is 69.3 Å². The molecule has 0 unspecified atom stereocenters. The molecule has 0 radical (unpaired) electrons. The van der Waals surface area contributed by atoms with Crippen LogP contribution in [0.3, 0.4) is 0 Å². The Morgan fingerprint density at radius 1 is 0.146 bits per heavy atom. The van der Waals surface area contributed by atoms with Gasteiger partial charge in [-0.3, -0.25) is 0 Å². The predicted octanol–water partition coefficient (Wildman–Crippen LogP) is 24.1. The van der Waals surface area contributed by atoms with Crippen LogP contribution in [0.25, 0.3) is 100 Å². The lowest BCUT2D eigenvalue weighted by Gasteiger charge is -2.35. The van der Waals surface area contributed by atoms with Crippen LogP contribution in [0.1, 0.15) is 33.4 Å². The summed E-state index contributed by atoms with van der Waals surface area (Å²) in [6.07, 6.45) is 0. The Balaban J connectivity index is 0.000000110. The van der Waals surface area contributed by atoms with E-state index in [9.17, 15) is 0 Å². The number of aryl methyl sites for hydroxylation is 6. The van der Waals surface area contributed by atoms with Crippen molar-refractivity contribution in [2.24, 2.45) is 0 Å². The fourth-order valence-electron chi connectivity index (χ4n) is 19.4. The Hall–Kier alpha value is -15.0. The van der Waals surface area contributed by atoms with Gasteiger partial charge in [0, 0.05) is 38.6 Å². The maximum Gasteiger partial charge on any atom is 0.260 e. The fourth-order valence-corrected chi connectivity index (χ4v) is 19.4. The zero-order chi connectivity index (χ0) is 82.5. The molecule has 6 aliphatic heterocycles. The van der Waals surface area contributed by atoms with Gasteiger partial charge in [0.2, 0.25) is 0 Å². The van der Waals surface area contributed by atoms with Crippen molar-refractivity contribution in [2.75, 3.05) is 0 Å². The molecule has 18 aromatic rings. The highest BCUT2D eigenvalue weighted by molar-refractivity contribution is 7.00. The maximum atomic E-state index is 6.96. The average Bonchev–Trinajstić information content (AvgIpc) is 0.723. The molecule has 0 aliphatic carbocycles. The molecule has 18 aromatic carbocycles. The zero-order valence-corrected chi connectivity index (χ0v) is 69.1. The van der Waals surface area contributed by atoms with Crippen LogP contribution < -0.4 is 77.6 Å². The Labute approximate surface area is 719 Å². The van der Waals surface area contributed by atoms with E-state index in [4.69, 9.17) is 28.4 Å². The van der Waals surface area contributed by atoms with Gasteiger partial charge in [-0.15, -0.1) is 0 Å². The Bertz CT molecular complexity index is 7300. The van der Waals surface area contributed by atoms with Gasteiger partial charge in [0.05, 0.1) is 0 Å². The van der Waals surface area contributed by atoms with E-state index in [0.717, 1.165) is 157 Å². The van der Waals surface area contributed by atoms with E-state index >= 15 is 0 Å². The molecule has 0 saturated carbocycles. The number of hydrogen-bond acceptors (Lipinski definition) is 6. The van der Waals surface area contributed by atoms with E-state index in [2.05, 4.69) is 418 Å². The van der Waals surface area contributed by atoms with Crippen LogP contribution in [-0.2, 0) is 0 Å². The number of hydrogen-bond donors (Lipinski definition) is 0. The van der Waals surface area contributed by atoms with Gasteiger partial charge >= 0.3 is 0 Å². The van der Waals surface area contributed by atoms with Gasteiger partial charge in [-0.1, -0.05) is 315 Å². The summed E-state index contributed by atoms with van der Waals surface area (Å²) in [5.41, 5.74) is 38.7. The summed E-state index contributed by atoms with van der Waals surface area (Å²) in [6.45, 7) is 12.9. The highest BCUT2D eigenvalue weighted by Crippen LogP contribution is 2.49. The number of benzene rings is 18. The summed E-state index contributed by atoms with van der Waals surface area (Å²) in [6, 6.07) is 135. The van der Waals surface area contributed by atoms with Crippen molar-refractivity contribution in [1.82, 2.24) is 0 Å². The quantitative estimate of drug-likeness (QED) is 0.134. The lowest BCUT2D eigenvalue weighted by Crippen LogP contribution is -2.57. The van der Waals surface area contributed by atoms with Crippen LogP contribution in [0.4, 0.5) is 0 Å². The second kappa shape index (κ2) is 30.6. The minimum Gasteiger partial charge on any atom is -0.458 e. The number of rotatable bonds is 9. The van der Waals surface area contributed by atoms with Gasteiger partial charge in [0.25, 0.3) is 20.1 Å². The van der Waals surface area contributed by atoms with Gasteiger partial charge in [-0.2, -0.15) is 0 Å². The molecule has 0 fully saturated rings. The van der Waals surface area contributed by atoms with Crippen molar-refractivity contribution in [3.8, 4) is 169 Å². The highest BCUT2D eigenvalue weighted by atomic mass is 16.5. The number of para-hydroxylation sites is 1. The van der Waals surface area contributed by atoms with E-state index in [0.29, 0.717) is 0 Å². The van der Waals surface area contributed by atoms with Crippen LogP contribution in [0.2, 0.25) is 0 Å². The van der Waals surface area contributed by atoms with Gasteiger partial charge in [0.1, 0.15) is 69.0 Å². The van der Waals surface area contributed by atoms with Crippen molar-refractivity contribution < 1.29 is 28.4 Å². The summed E-state index contributed by atoms with van der Waals surface area (Å²) in [5.74, 6) is 10.6. The molecule has 6 aliphatic rings. The molecule has 24 rings (SSSR count). The van der Waals surface area contributed by atoms with E-state index in [1.807, 2.05) is 6.07 Å². The molecule has 0 amide bonds. The summed E-state index contributed by atoms with van der Waals surface area (Å²) < 4.78 is 40.6. The zero-order valence-electron chi connectivity index (χ0n) is 69.1. The molecule has 0 bridgehead atoms. The summed E-state index contributed by atoms with van der Waals surface area (Å²) >= 11 is 0. The molecule has 6 heterocycles. The number of fused-ring (bicyclic) bond motifs is 12. The Morgan fingerprint density at radius 2 is 0.431 bits per heavy atom. The van der Waals surface area contributed by atoms with Gasteiger partial charge in [-0.05, 0) is 252 Å². The molecule has 0 atom stereocenters.